The second kappa shape index (κ2) is 23.1. The Labute approximate surface area is 390 Å². The number of benzene rings is 5. The Morgan fingerprint density at radius 3 is 1.70 bits per heavy atom. The lowest BCUT2D eigenvalue weighted by Gasteiger charge is -2.32. The van der Waals surface area contributed by atoms with Crippen LogP contribution >= 0.6 is 11.6 Å². The largest absolute Gasteiger partial charge is 0.449 e. The van der Waals surface area contributed by atoms with Gasteiger partial charge in [0.15, 0.2) is 0 Å². The zero-order chi connectivity index (χ0) is 47.2. The third-order valence-corrected chi connectivity index (χ3v) is 12.0. The van der Waals surface area contributed by atoms with Gasteiger partial charge in [-0.3, -0.25) is 25.0 Å². The molecule has 66 heavy (non-hydrogen) atoms. The molecule has 0 aromatic heterocycles. The lowest BCUT2D eigenvalue weighted by Crippen LogP contribution is -2.38. The van der Waals surface area contributed by atoms with Gasteiger partial charge < -0.3 is 25.0 Å². The van der Waals surface area contributed by atoms with Crippen molar-refractivity contribution in [2.24, 2.45) is 11.7 Å². The lowest BCUT2D eigenvalue weighted by molar-refractivity contribution is 0.0705. The Balaban J connectivity index is 0.000000220. The molecule has 2 aliphatic heterocycles. The van der Waals surface area contributed by atoms with E-state index in [4.69, 9.17) is 32.1 Å². The molecule has 0 unspecified atom stereocenters. The Morgan fingerprint density at radius 1 is 0.682 bits per heavy atom. The van der Waals surface area contributed by atoms with Crippen molar-refractivity contribution >= 4 is 52.9 Å². The Kier molecular flexibility index (Phi) is 16.9. The summed E-state index contributed by atoms with van der Waals surface area (Å²) in [7, 11) is 0. The molecule has 2 saturated heterocycles. The van der Waals surface area contributed by atoms with Crippen molar-refractivity contribution in [3.63, 3.8) is 0 Å². The van der Waals surface area contributed by atoms with E-state index in [0.717, 1.165) is 42.4 Å². The van der Waals surface area contributed by atoms with Gasteiger partial charge in [-0.2, -0.15) is 5.26 Å². The summed E-state index contributed by atoms with van der Waals surface area (Å²) in [4.78, 5) is 65.4. The smallest absolute Gasteiger partial charge is 0.411 e. The second-order valence-corrected chi connectivity index (χ2v) is 17.3. The number of nitriles is 1. The van der Waals surface area contributed by atoms with Gasteiger partial charge in [0.1, 0.15) is 6.61 Å². The van der Waals surface area contributed by atoms with Crippen LogP contribution in [0.4, 0.5) is 21.0 Å². The van der Waals surface area contributed by atoms with Crippen molar-refractivity contribution in [1.82, 2.24) is 9.80 Å². The number of aryl methyl sites for hydroxylation is 1. The second-order valence-electron chi connectivity index (χ2n) is 16.9. The quantitative estimate of drug-likeness (QED) is 0.117. The molecule has 5 aromatic carbocycles. The minimum atomic E-state index is -0.594. The van der Waals surface area contributed by atoms with Crippen molar-refractivity contribution in [2.45, 2.75) is 64.9 Å². The molecule has 0 saturated carbocycles. The SMILES string of the molecule is CC(C)COC(=O)Nc1cc(C(=O)N2CCC(c3ccc(C#N)cc3)CC2)ccc1Cl.Cc1ccc(C(=O)N2CCC(c3ccc(C(N)=O)cc3)CC2)cc1NC(=O)OCc1ccccc1. The number of nitrogens with one attached hydrogen (secondary N) is 2. The van der Waals surface area contributed by atoms with Gasteiger partial charge in [-0.05, 0) is 127 Å². The van der Waals surface area contributed by atoms with Crippen LogP contribution in [0.25, 0.3) is 0 Å². The van der Waals surface area contributed by atoms with Crippen LogP contribution in [0.1, 0.15) is 110 Å². The summed E-state index contributed by atoms with van der Waals surface area (Å²) in [6.45, 7) is 8.80. The molecule has 5 aromatic rings. The molecule has 0 bridgehead atoms. The van der Waals surface area contributed by atoms with E-state index < -0.39 is 18.1 Å². The van der Waals surface area contributed by atoms with Gasteiger partial charge in [0.05, 0.1) is 28.9 Å². The molecule has 0 atom stereocenters. The number of anilines is 2. The van der Waals surface area contributed by atoms with Crippen LogP contribution in [0.3, 0.4) is 0 Å². The number of carbonyl (C=O) groups is 5. The number of nitrogens with two attached hydrogens (primary N) is 1. The first kappa shape index (κ1) is 48.3. The normalized spacial score (nSPS) is 14.0. The molecule has 5 amide bonds. The highest BCUT2D eigenvalue weighted by atomic mass is 35.5. The van der Waals surface area contributed by atoms with Gasteiger partial charge in [-0.1, -0.05) is 86.1 Å². The predicted octanol–water partition coefficient (Wildman–Crippen LogP) is 10.3. The van der Waals surface area contributed by atoms with Crippen molar-refractivity contribution in [1.29, 1.82) is 5.26 Å². The number of likely N-dealkylation sites (tertiary alicyclic amines) is 2. The highest BCUT2D eigenvalue weighted by molar-refractivity contribution is 6.33. The highest BCUT2D eigenvalue weighted by Crippen LogP contribution is 2.32. The molecule has 2 heterocycles. The van der Waals surface area contributed by atoms with Gasteiger partial charge >= 0.3 is 12.2 Å². The maximum absolute atomic E-state index is 13.2. The van der Waals surface area contributed by atoms with Crippen LogP contribution in [0.2, 0.25) is 5.02 Å². The van der Waals surface area contributed by atoms with E-state index in [1.54, 1.807) is 42.5 Å². The van der Waals surface area contributed by atoms with Crippen LogP contribution in [0, 0.1) is 24.2 Å². The van der Waals surface area contributed by atoms with Gasteiger partial charge in [0.25, 0.3) is 11.8 Å². The van der Waals surface area contributed by atoms with Gasteiger partial charge in [-0.25, -0.2) is 9.59 Å². The number of primary amides is 1. The summed E-state index contributed by atoms with van der Waals surface area (Å²) in [5.74, 6) is 0.335. The first-order valence-electron chi connectivity index (χ1n) is 22.1. The topological polar surface area (TPSA) is 184 Å². The van der Waals surface area contributed by atoms with Crippen molar-refractivity contribution in [3.8, 4) is 6.07 Å². The van der Waals surface area contributed by atoms with E-state index in [1.165, 1.54) is 5.56 Å². The molecule has 0 radical (unpaired) electrons. The summed E-state index contributed by atoms with van der Waals surface area (Å²) in [5.41, 5.74) is 12.5. The Hall–Kier alpha value is -7.17. The molecule has 4 N–H and O–H groups in total. The summed E-state index contributed by atoms with van der Waals surface area (Å²) < 4.78 is 10.4. The number of amides is 5. The number of hydrogen-bond donors (Lipinski definition) is 3. The number of piperidine rings is 2. The average Bonchev–Trinajstić information content (AvgIpc) is 3.34. The zero-order valence-corrected chi connectivity index (χ0v) is 38.2. The van der Waals surface area contributed by atoms with Crippen LogP contribution in [0.15, 0.2) is 115 Å². The lowest BCUT2D eigenvalue weighted by atomic mass is 9.88. The molecule has 2 aliphatic rings. The summed E-state index contributed by atoms with van der Waals surface area (Å²) >= 11 is 6.19. The van der Waals surface area contributed by atoms with E-state index in [1.807, 2.05) is 103 Å². The molecule has 0 aliphatic carbocycles. The van der Waals surface area contributed by atoms with Crippen molar-refractivity contribution in [2.75, 3.05) is 43.4 Å². The number of hydrogen-bond acceptors (Lipinski definition) is 8. The van der Waals surface area contributed by atoms with Gasteiger partial charge in [-0.15, -0.1) is 0 Å². The molecule has 7 rings (SSSR count). The third kappa shape index (κ3) is 13.4. The fraction of sp³-hybridized carbons (Fsp3) is 0.308. The number of carbonyl (C=O) groups excluding carboxylic acids is 5. The number of rotatable bonds is 11. The highest BCUT2D eigenvalue weighted by Gasteiger charge is 2.27. The van der Waals surface area contributed by atoms with E-state index in [2.05, 4.69) is 16.7 Å². The van der Waals surface area contributed by atoms with Crippen LogP contribution in [-0.4, -0.2) is 72.5 Å². The molecule has 2 fully saturated rings. The molecular weight excluding hydrogens is 856 g/mol. The van der Waals surface area contributed by atoms with Gasteiger partial charge in [0, 0.05) is 48.6 Å². The maximum atomic E-state index is 13.2. The Bertz CT molecular complexity index is 2530. The summed E-state index contributed by atoms with van der Waals surface area (Å²) in [6.07, 6.45) is 2.23. The molecule has 342 valence electrons. The minimum Gasteiger partial charge on any atom is -0.449 e. The van der Waals surface area contributed by atoms with E-state index in [-0.39, 0.29) is 24.3 Å². The minimum absolute atomic E-state index is 0.0618. The molecule has 14 heteroatoms. The van der Waals surface area contributed by atoms with E-state index >= 15 is 0 Å². The molecular formula is C52H55ClN6O7. The summed E-state index contributed by atoms with van der Waals surface area (Å²) in [6, 6.07) is 36.8. The van der Waals surface area contributed by atoms with E-state index in [0.29, 0.717) is 83.3 Å². The average molecular weight is 911 g/mol. The van der Waals surface area contributed by atoms with Crippen LogP contribution in [-0.2, 0) is 16.1 Å². The third-order valence-electron chi connectivity index (χ3n) is 11.7. The Morgan fingerprint density at radius 2 is 1.17 bits per heavy atom. The van der Waals surface area contributed by atoms with Crippen molar-refractivity contribution < 1.29 is 33.4 Å². The number of halogens is 1. The zero-order valence-electron chi connectivity index (χ0n) is 37.4. The first-order chi connectivity index (χ1) is 31.8. The fourth-order valence-corrected chi connectivity index (χ4v) is 8.01. The van der Waals surface area contributed by atoms with E-state index in [9.17, 15) is 24.0 Å². The van der Waals surface area contributed by atoms with Crippen molar-refractivity contribution in [3.05, 3.63) is 165 Å². The standard InChI is InChI=1S/C28H29N3O4.C24H26ClN3O3/c1-19-7-8-24(17-25(19)30-28(34)35-18-20-5-3-2-4-6-20)27(33)31-15-13-22(14-16-31)21-9-11-23(12-10-21)26(29)32;1-16(2)15-31-24(30)27-22-13-20(7-8-21(22)25)23(29)28-11-9-19(10-12-28)18-5-3-17(14-26)4-6-18/h2-12,17,22H,13-16,18H2,1H3,(H2,29,32)(H,30,34);3-8,13,16,19H,9-12,15H2,1-2H3,(H,27,30). The number of nitrogens with zero attached hydrogens (tertiary/aromatic N) is 3. The fourth-order valence-electron chi connectivity index (χ4n) is 7.85. The van der Waals surface area contributed by atoms with Crippen LogP contribution < -0.4 is 16.4 Å². The maximum Gasteiger partial charge on any atom is 0.411 e. The predicted molar refractivity (Wildman–Crippen MR) is 255 cm³/mol. The molecule has 0 spiro atoms. The monoisotopic (exact) mass is 910 g/mol. The first-order valence-corrected chi connectivity index (χ1v) is 22.5. The molecule has 13 nitrogen and oxygen atoms in total. The van der Waals surface area contributed by atoms with Crippen LogP contribution in [0.5, 0.6) is 0 Å². The number of ether oxygens (including phenoxy) is 2. The summed E-state index contributed by atoms with van der Waals surface area (Å²) in [5, 5.41) is 14.7. The van der Waals surface area contributed by atoms with Gasteiger partial charge in [0.2, 0.25) is 5.91 Å².